The Labute approximate surface area is 113 Å². The number of nitrogens with one attached hydrogen (secondary N) is 1. The van der Waals surface area contributed by atoms with E-state index in [4.69, 9.17) is 9.56 Å². The maximum Gasteiger partial charge on any atom is 0.271 e. The van der Waals surface area contributed by atoms with E-state index in [1.807, 2.05) is 0 Å². The number of nitrogens with two attached hydrogens (primary N) is 1. The average molecular weight is 288 g/mol. The first-order chi connectivity index (χ1) is 9.00. The zero-order valence-electron chi connectivity index (χ0n) is 10.7. The number of rotatable bonds is 6. The van der Waals surface area contributed by atoms with Gasteiger partial charge in [0.2, 0.25) is 5.09 Å². The lowest BCUT2D eigenvalue weighted by molar-refractivity contribution is 0.191. The smallest absolute Gasteiger partial charge is 0.271 e. The molecule has 6 nitrogen and oxygen atoms in total. The molecular weight excluding hydrogens is 268 g/mol. The maximum absolute atomic E-state index is 11.0. The molecule has 0 saturated heterocycles. The van der Waals surface area contributed by atoms with Crippen LogP contribution in [0.15, 0.2) is 21.6 Å². The Hall–Kier alpha value is -0.890. The van der Waals surface area contributed by atoms with Gasteiger partial charge in [0.15, 0.2) is 0 Å². The average Bonchev–Trinajstić information content (AvgIpc) is 2.96. The Morgan fingerprint density at radius 2 is 2.11 bits per heavy atom. The molecule has 0 bridgehead atoms. The predicted octanol–water partition coefficient (Wildman–Crippen LogP) is 0.425. The summed E-state index contributed by atoms with van der Waals surface area (Å²) in [4.78, 5) is 0. The molecule has 0 amide bonds. The van der Waals surface area contributed by atoms with Crippen LogP contribution < -0.4 is 10.5 Å². The van der Waals surface area contributed by atoms with Crippen molar-refractivity contribution in [2.24, 2.45) is 17.0 Å². The highest BCUT2D eigenvalue weighted by molar-refractivity contribution is 7.89. The largest absolute Gasteiger partial charge is 0.447 e. The van der Waals surface area contributed by atoms with Crippen LogP contribution in [0.1, 0.15) is 25.0 Å². The third-order valence-electron chi connectivity index (χ3n) is 3.67. The first kappa shape index (κ1) is 14.5. The van der Waals surface area contributed by atoms with E-state index in [0.29, 0.717) is 24.1 Å². The quantitative estimate of drug-likeness (QED) is 0.703. The van der Waals surface area contributed by atoms with Gasteiger partial charge in [-0.15, -0.1) is 0 Å². The third kappa shape index (κ3) is 3.79. The molecule has 0 aromatic carbocycles. The highest BCUT2D eigenvalue weighted by Crippen LogP contribution is 2.30. The Kier molecular flexibility index (Phi) is 4.62. The zero-order chi connectivity index (χ0) is 13.9. The number of primary sulfonamides is 1. The lowest BCUT2D eigenvalue weighted by Crippen LogP contribution is -2.26. The molecule has 0 aliphatic heterocycles. The number of aliphatic hydroxyl groups is 1. The maximum atomic E-state index is 11.0. The molecule has 2 atom stereocenters. The normalized spacial score (nSPS) is 23.9. The van der Waals surface area contributed by atoms with E-state index in [2.05, 4.69) is 5.32 Å². The molecule has 1 aromatic heterocycles. The standard InChI is InChI=1S/C12H20N2O4S/c13-19(16,17)12-5-4-11(18-12)7-14-6-9-2-1-3-10(9)8-15/h4-5,9-10,14-15H,1-3,6-8H2,(H2,13,16,17). The molecule has 0 spiro atoms. The Morgan fingerprint density at radius 1 is 1.37 bits per heavy atom. The fraction of sp³-hybridized carbons (Fsp3) is 0.667. The van der Waals surface area contributed by atoms with Crippen molar-refractivity contribution in [1.82, 2.24) is 5.32 Å². The summed E-state index contributed by atoms with van der Waals surface area (Å²) in [5, 5.41) is 17.2. The van der Waals surface area contributed by atoms with Crippen molar-refractivity contribution in [3.05, 3.63) is 17.9 Å². The molecule has 7 heteroatoms. The summed E-state index contributed by atoms with van der Waals surface area (Å²) in [6.45, 7) is 1.50. The van der Waals surface area contributed by atoms with Crippen LogP contribution in [0, 0.1) is 11.8 Å². The van der Waals surface area contributed by atoms with Crippen LogP contribution in [0.4, 0.5) is 0 Å². The van der Waals surface area contributed by atoms with Gasteiger partial charge in [0, 0.05) is 6.61 Å². The summed E-state index contributed by atoms with van der Waals surface area (Å²) in [7, 11) is -3.76. The molecule has 2 rings (SSSR count). The first-order valence-corrected chi connectivity index (χ1v) is 7.98. The monoisotopic (exact) mass is 288 g/mol. The van der Waals surface area contributed by atoms with Crippen molar-refractivity contribution in [3.8, 4) is 0 Å². The molecule has 108 valence electrons. The van der Waals surface area contributed by atoms with Gasteiger partial charge in [0.1, 0.15) is 5.76 Å². The minimum atomic E-state index is -3.76. The minimum Gasteiger partial charge on any atom is -0.447 e. The number of hydrogen-bond donors (Lipinski definition) is 3. The van der Waals surface area contributed by atoms with Crippen molar-refractivity contribution < 1.29 is 17.9 Å². The van der Waals surface area contributed by atoms with E-state index >= 15 is 0 Å². The van der Waals surface area contributed by atoms with Gasteiger partial charge in [0.25, 0.3) is 10.0 Å². The predicted molar refractivity (Wildman–Crippen MR) is 69.7 cm³/mol. The van der Waals surface area contributed by atoms with Crippen molar-refractivity contribution in [1.29, 1.82) is 0 Å². The molecule has 4 N–H and O–H groups in total. The van der Waals surface area contributed by atoms with Gasteiger partial charge >= 0.3 is 0 Å². The van der Waals surface area contributed by atoms with Crippen molar-refractivity contribution in [2.75, 3.05) is 13.2 Å². The second kappa shape index (κ2) is 6.04. The van der Waals surface area contributed by atoms with E-state index in [1.54, 1.807) is 6.07 Å². The number of furan rings is 1. The first-order valence-electron chi connectivity index (χ1n) is 6.44. The Bertz CT molecular complexity index is 512. The second-order valence-corrected chi connectivity index (χ2v) is 6.52. The molecule has 1 aliphatic rings. The van der Waals surface area contributed by atoms with Crippen LogP contribution in [0.2, 0.25) is 0 Å². The molecule has 1 saturated carbocycles. The third-order valence-corrected chi connectivity index (χ3v) is 4.45. The van der Waals surface area contributed by atoms with Gasteiger partial charge in [0.05, 0.1) is 6.54 Å². The molecule has 1 aromatic rings. The topological polar surface area (TPSA) is 106 Å². The number of sulfonamides is 1. The van der Waals surface area contributed by atoms with Gasteiger partial charge < -0.3 is 14.8 Å². The molecule has 1 fully saturated rings. The SMILES string of the molecule is NS(=O)(=O)c1ccc(CNCC2CCCC2CO)o1. The lowest BCUT2D eigenvalue weighted by Gasteiger charge is -2.17. The summed E-state index contributed by atoms with van der Waals surface area (Å²) in [6.07, 6.45) is 3.37. The summed E-state index contributed by atoms with van der Waals surface area (Å²) in [6, 6.07) is 2.96. The molecule has 2 unspecified atom stereocenters. The van der Waals surface area contributed by atoms with Crippen LogP contribution in [-0.2, 0) is 16.6 Å². The summed E-state index contributed by atoms with van der Waals surface area (Å²) < 4.78 is 27.2. The Balaban J connectivity index is 1.81. The fourth-order valence-corrected chi connectivity index (χ4v) is 3.09. The second-order valence-electron chi connectivity index (χ2n) is 5.03. The van der Waals surface area contributed by atoms with Gasteiger partial charge in [-0.2, -0.15) is 0 Å². The van der Waals surface area contributed by atoms with Crippen LogP contribution in [0.5, 0.6) is 0 Å². The Morgan fingerprint density at radius 3 is 2.74 bits per heavy atom. The summed E-state index contributed by atoms with van der Waals surface area (Å²) >= 11 is 0. The van der Waals surface area contributed by atoms with Crippen molar-refractivity contribution in [2.45, 2.75) is 30.9 Å². The minimum absolute atomic E-state index is 0.210. The van der Waals surface area contributed by atoms with Gasteiger partial charge in [-0.25, -0.2) is 13.6 Å². The van der Waals surface area contributed by atoms with E-state index < -0.39 is 10.0 Å². The zero-order valence-corrected chi connectivity index (χ0v) is 11.5. The number of hydrogen-bond acceptors (Lipinski definition) is 5. The molecule has 0 radical (unpaired) electrons. The van der Waals surface area contributed by atoms with Crippen molar-refractivity contribution in [3.63, 3.8) is 0 Å². The lowest BCUT2D eigenvalue weighted by atomic mass is 9.97. The number of aliphatic hydroxyl groups excluding tert-OH is 1. The molecule has 19 heavy (non-hydrogen) atoms. The van der Waals surface area contributed by atoms with Gasteiger partial charge in [-0.05, 0) is 43.4 Å². The van der Waals surface area contributed by atoms with E-state index in [-0.39, 0.29) is 11.7 Å². The van der Waals surface area contributed by atoms with Crippen LogP contribution in [0.3, 0.4) is 0 Å². The highest BCUT2D eigenvalue weighted by Gasteiger charge is 2.26. The summed E-state index contributed by atoms with van der Waals surface area (Å²) in [5.74, 6) is 1.41. The van der Waals surface area contributed by atoms with Gasteiger partial charge in [-0.1, -0.05) is 6.42 Å². The van der Waals surface area contributed by atoms with E-state index in [9.17, 15) is 13.5 Å². The van der Waals surface area contributed by atoms with Crippen molar-refractivity contribution >= 4 is 10.0 Å². The molecule has 1 aliphatic carbocycles. The molecule has 1 heterocycles. The fourth-order valence-electron chi connectivity index (χ4n) is 2.61. The molecular formula is C12H20N2O4S. The summed E-state index contributed by atoms with van der Waals surface area (Å²) in [5.41, 5.74) is 0. The highest BCUT2D eigenvalue weighted by atomic mass is 32.2. The van der Waals surface area contributed by atoms with Crippen LogP contribution >= 0.6 is 0 Å². The van der Waals surface area contributed by atoms with E-state index in [1.165, 1.54) is 6.07 Å². The van der Waals surface area contributed by atoms with E-state index in [0.717, 1.165) is 25.8 Å². The van der Waals surface area contributed by atoms with Crippen LogP contribution in [0.25, 0.3) is 0 Å². The van der Waals surface area contributed by atoms with Gasteiger partial charge in [-0.3, -0.25) is 0 Å². The van der Waals surface area contributed by atoms with Crippen LogP contribution in [-0.4, -0.2) is 26.7 Å².